The monoisotopic (exact) mass is 445 g/mol. The molecule has 1 aliphatic heterocycles. The molecule has 1 aliphatic rings. The van der Waals surface area contributed by atoms with E-state index >= 15 is 0 Å². The summed E-state index contributed by atoms with van der Waals surface area (Å²) in [5.41, 5.74) is 0.631. The molecule has 2 heterocycles. The van der Waals surface area contributed by atoms with Crippen LogP contribution in [-0.2, 0) is 14.8 Å². The first kappa shape index (κ1) is 20.6. The number of aromatic nitrogens is 1. The Balaban J connectivity index is 1.89. The van der Waals surface area contributed by atoms with Gasteiger partial charge in [-0.05, 0) is 30.3 Å². The van der Waals surface area contributed by atoms with Crippen LogP contribution in [0.3, 0.4) is 0 Å². The van der Waals surface area contributed by atoms with Crippen LogP contribution in [0.5, 0.6) is 0 Å². The minimum absolute atomic E-state index is 0.0578. The molecule has 0 atom stereocenters. The number of sulfonamides is 1. The maximum absolute atomic E-state index is 12.8. The van der Waals surface area contributed by atoms with Crippen LogP contribution in [-0.4, -0.2) is 39.7 Å². The summed E-state index contributed by atoms with van der Waals surface area (Å²) in [6.45, 7) is 1.92. The minimum Gasteiger partial charge on any atom is -0.378 e. The number of pyridine rings is 1. The number of hydrogen-bond donors (Lipinski definition) is 1. The predicted octanol–water partition coefficient (Wildman–Crippen LogP) is 4.38. The Kier molecular flexibility index (Phi) is 4.56. The molecule has 0 unspecified atom stereocenters. The molecule has 3 rings (SSSR count). The molecule has 0 bridgehead atoms. The zero-order valence-corrected chi connectivity index (χ0v) is 15.8. The van der Waals surface area contributed by atoms with Crippen LogP contribution in [0, 0.1) is 0 Å². The second-order valence-corrected chi connectivity index (χ2v) is 10.1. The Bertz CT molecular complexity index is 977. The predicted molar refractivity (Wildman–Crippen MR) is 95.9 cm³/mol. The van der Waals surface area contributed by atoms with Gasteiger partial charge in [0.15, 0.2) is 0 Å². The van der Waals surface area contributed by atoms with Gasteiger partial charge in [-0.1, -0.05) is 19.4 Å². The van der Waals surface area contributed by atoms with Crippen LogP contribution in [0.15, 0.2) is 52.5 Å². The van der Waals surface area contributed by atoms with Crippen LogP contribution < -0.4 is 9.62 Å². The largest absolute Gasteiger partial charge is 0.378 e. The van der Waals surface area contributed by atoms with Crippen LogP contribution in [0.1, 0.15) is 0 Å². The molecule has 13 heteroatoms. The third-order valence-electron chi connectivity index (χ3n) is 3.97. The van der Waals surface area contributed by atoms with E-state index < -0.39 is 30.0 Å². The topological polar surface area (TPSA) is 71.5 Å². The third kappa shape index (κ3) is 4.64. The molecular weight excluding hydrogens is 429 g/mol. The van der Waals surface area contributed by atoms with Crippen molar-refractivity contribution >= 4 is 31.6 Å². The summed E-state index contributed by atoms with van der Waals surface area (Å²) >= 11 is 0. The van der Waals surface area contributed by atoms with E-state index in [9.17, 15) is 27.8 Å². The van der Waals surface area contributed by atoms with Gasteiger partial charge in [0, 0.05) is 19.3 Å². The summed E-state index contributed by atoms with van der Waals surface area (Å²) in [6, 6.07) is 2.67. The summed E-state index contributed by atoms with van der Waals surface area (Å²) in [4.78, 5) is 2.97. The van der Waals surface area contributed by atoms with Crippen LogP contribution in [0.4, 0.5) is 30.8 Å². The highest BCUT2D eigenvalue weighted by molar-refractivity contribution is 8.45. The van der Waals surface area contributed by atoms with Gasteiger partial charge in [-0.3, -0.25) is 9.71 Å². The first-order chi connectivity index (χ1) is 12.8. The quantitative estimate of drug-likeness (QED) is 0.692. The molecule has 156 valence electrons. The highest BCUT2D eigenvalue weighted by Crippen LogP contribution is 3.02. The van der Waals surface area contributed by atoms with Crippen molar-refractivity contribution in [2.45, 2.75) is 9.79 Å². The summed E-state index contributed by atoms with van der Waals surface area (Å²) in [6.07, 6.45) is 2.72. The van der Waals surface area contributed by atoms with E-state index in [1.165, 1.54) is 12.4 Å². The van der Waals surface area contributed by atoms with Gasteiger partial charge in [0.25, 0.3) is 10.0 Å². The maximum Gasteiger partial charge on any atom is 0.310 e. The lowest BCUT2D eigenvalue weighted by molar-refractivity contribution is 0.123. The van der Waals surface area contributed by atoms with Crippen LogP contribution >= 0.6 is 10.2 Å². The molecule has 0 radical (unpaired) electrons. The lowest BCUT2D eigenvalue weighted by Crippen LogP contribution is -2.36. The standard InChI is InChI=1S/C15H16F5N3O3S2/c16-28(17,18,19,20)13-3-1-12(2-4-13)27(24,25)22-14-11-21-6-5-15(14)23-7-9-26-10-8-23/h1-6,11,22H,7-10H2. The zero-order chi connectivity index (χ0) is 20.7. The second-order valence-electron chi connectivity index (χ2n) is 6.04. The number of benzene rings is 1. The Morgan fingerprint density at radius 3 is 2.18 bits per heavy atom. The number of rotatable bonds is 5. The van der Waals surface area contributed by atoms with Crippen molar-refractivity contribution in [2.24, 2.45) is 0 Å². The number of halogens is 5. The zero-order valence-electron chi connectivity index (χ0n) is 14.2. The average Bonchev–Trinajstić information content (AvgIpc) is 2.61. The first-order valence-electron chi connectivity index (χ1n) is 7.90. The Labute approximate surface area is 158 Å². The van der Waals surface area contributed by atoms with Gasteiger partial charge in [0.2, 0.25) is 0 Å². The summed E-state index contributed by atoms with van der Waals surface area (Å²) in [5.74, 6) is 0. The number of hydrogen-bond acceptors (Lipinski definition) is 5. The summed E-state index contributed by atoms with van der Waals surface area (Å²) < 4.78 is 96.5. The Hall–Kier alpha value is -2.12. The van der Waals surface area contributed by atoms with Crippen molar-refractivity contribution in [1.29, 1.82) is 0 Å². The molecule has 28 heavy (non-hydrogen) atoms. The van der Waals surface area contributed by atoms with E-state index in [1.807, 2.05) is 4.90 Å². The molecule has 1 aromatic carbocycles. The second kappa shape index (κ2) is 6.19. The highest BCUT2D eigenvalue weighted by atomic mass is 32.5. The highest BCUT2D eigenvalue weighted by Gasteiger charge is 2.65. The summed E-state index contributed by atoms with van der Waals surface area (Å²) in [7, 11) is -14.2. The fourth-order valence-electron chi connectivity index (χ4n) is 2.63. The maximum atomic E-state index is 12.8. The first-order valence-corrected chi connectivity index (χ1v) is 11.3. The average molecular weight is 445 g/mol. The number of anilines is 2. The molecule has 2 aromatic rings. The van der Waals surface area contributed by atoms with Crippen molar-refractivity contribution < 1.29 is 32.6 Å². The Morgan fingerprint density at radius 2 is 1.61 bits per heavy atom. The van der Waals surface area contributed by atoms with E-state index in [1.54, 1.807) is 6.07 Å². The van der Waals surface area contributed by atoms with Gasteiger partial charge < -0.3 is 9.64 Å². The normalized spacial score (nSPS) is 18.2. The van der Waals surface area contributed by atoms with Crippen molar-refractivity contribution in [2.75, 3.05) is 35.9 Å². The van der Waals surface area contributed by atoms with Crippen LogP contribution in [0.25, 0.3) is 0 Å². The van der Waals surface area contributed by atoms with Crippen molar-refractivity contribution in [3.8, 4) is 0 Å². The number of nitrogens with one attached hydrogen (secondary N) is 1. The molecule has 1 saturated heterocycles. The van der Waals surface area contributed by atoms with Gasteiger partial charge in [0.05, 0.1) is 35.7 Å². The molecule has 1 N–H and O–H groups in total. The molecule has 6 nitrogen and oxygen atoms in total. The Morgan fingerprint density at radius 1 is 1.00 bits per heavy atom. The van der Waals surface area contributed by atoms with E-state index in [-0.39, 0.29) is 17.8 Å². The smallest absolute Gasteiger partial charge is 0.310 e. The molecule has 1 aromatic heterocycles. The number of ether oxygens (including phenoxy) is 1. The van der Waals surface area contributed by atoms with E-state index in [2.05, 4.69) is 9.71 Å². The molecule has 0 aliphatic carbocycles. The van der Waals surface area contributed by atoms with E-state index in [0.29, 0.717) is 44.1 Å². The van der Waals surface area contributed by atoms with Gasteiger partial charge in [0.1, 0.15) is 4.90 Å². The number of morpholine rings is 1. The molecule has 0 spiro atoms. The fourth-order valence-corrected chi connectivity index (χ4v) is 4.33. The van der Waals surface area contributed by atoms with Gasteiger partial charge in [-0.15, -0.1) is 0 Å². The minimum atomic E-state index is -9.88. The van der Waals surface area contributed by atoms with Crippen LogP contribution in [0.2, 0.25) is 0 Å². The van der Waals surface area contributed by atoms with Crippen molar-refractivity contribution in [1.82, 2.24) is 4.98 Å². The molecule has 1 fully saturated rings. The van der Waals surface area contributed by atoms with Crippen molar-refractivity contribution in [3.05, 3.63) is 42.7 Å². The molecular formula is C15H16F5N3O3S2. The van der Waals surface area contributed by atoms with Gasteiger partial charge in [-0.2, -0.15) is 0 Å². The fraction of sp³-hybridized carbons (Fsp3) is 0.267. The van der Waals surface area contributed by atoms with E-state index in [0.717, 1.165) is 0 Å². The lowest BCUT2D eigenvalue weighted by Gasteiger charge is -2.40. The van der Waals surface area contributed by atoms with Gasteiger partial charge in [-0.25, -0.2) is 8.42 Å². The lowest BCUT2D eigenvalue weighted by atomic mass is 10.3. The van der Waals surface area contributed by atoms with Crippen molar-refractivity contribution in [3.63, 3.8) is 0 Å². The number of nitrogens with zero attached hydrogens (tertiary/aromatic N) is 2. The SMILES string of the molecule is O=S(=O)(Nc1cnccc1N1CCOCC1)c1ccc(S(F)(F)(F)(F)F)cc1. The third-order valence-corrected chi connectivity index (χ3v) is 6.52. The molecule has 0 saturated carbocycles. The van der Waals surface area contributed by atoms with E-state index in [4.69, 9.17) is 4.74 Å². The molecule has 0 amide bonds. The summed E-state index contributed by atoms with van der Waals surface area (Å²) in [5, 5.41) is 0. The van der Waals surface area contributed by atoms with Gasteiger partial charge >= 0.3 is 10.2 Å².